The van der Waals surface area contributed by atoms with Crippen molar-refractivity contribution in [2.45, 2.75) is 85.5 Å². The molecule has 8 nitrogen and oxygen atoms in total. The first-order chi connectivity index (χ1) is 21.5. The largest absolute Gasteiger partial charge is 0.481 e. The molecule has 2 heterocycles. The summed E-state index contributed by atoms with van der Waals surface area (Å²) in [4.78, 5) is 41.3. The summed E-state index contributed by atoms with van der Waals surface area (Å²) in [6.07, 6.45) is 0.0314. The highest BCUT2D eigenvalue weighted by molar-refractivity contribution is 5.82. The maximum atomic E-state index is 15.8. The lowest BCUT2D eigenvalue weighted by molar-refractivity contribution is -0.138. The quantitative estimate of drug-likeness (QED) is 0.255. The summed E-state index contributed by atoms with van der Waals surface area (Å²) in [6, 6.07) is 5.13. The van der Waals surface area contributed by atoms with Gasteiger partial charge in [0.05, 0.1) is 18.2 Å². The smallest absolute Gasteiger partial charge is 0.305 e. The third-order valence-electron chi connectivity index (χ3n) is 8.39. The van der Waals surface area contributed by atoms with Crippen LogP contribution in [0.15, 0.2) is 35.1 Å². The third kappa shape index (κ3) is 8.04. The van der Waals surface area contributed by atoms with E-state index in [1.54, 1.807) is 46.8 Å². The van der Waals surface area contributed by atoms with Crippen LogP contribution in [-0.4, -0.2) is 57.0 Å². The van der Waals surface area contributed by atoms with Gasteiger partial charge in [-0.05, 0) is 105 Å². The summed E-state index contributed by atoms with van der Waals surface area (Å²) in [5, 5.41) is 17.0. The zero-order valence-corrected chi connectivity index (χ0v) is 27.5. The van der Waals surface area contributed by atoms with Crippen LogP contribution in [0.1, 0.15) is 79.2 Å². The molecule has 1 amide bonds. The number of nitrogens with one attached hydrogen (secondary N) is 1. The number of likely N-dealkylation sites (tertiary alicyclic amines) is 1. The van der Waals surface area contributed by atoms with E-state index in [-0.39, 0.29) is 23.5 Å². The maximum Gasteiger partial charge on any atom is 0.305 e. The van der Waals surface area contributed by atoms with Crippen molar-refractivity contribution in [3.05, 3.63) is 85.8 Å². The van der Waals surface area contributed by atoms with Gasteiger partial charge in [-0.1, -0.05) is 13.8 Å². The minimum Gasteiger partial charge on any atom is -0.481 e. The van der Waals surface area contributed by atoms with Gasteiger partial charge < -0.3 is 10.4 Å². The molecule has 248 valence electrons. The second kappa shape index (κ2) is 13.8. The van der Waals surface area contributed by atoms with Gasteiger partial charge in [0.1, 0.15) is 23.3 Å². The van der Waals surface area contributed by atoms with Gasteiger partial charge >= 0.3 is 5.97 Å². The number of carbonyl (C=O) groups excluding carboxylic acids is 1. The minimum absolute atomic E-state index is 0.0307. The minimum atomic E-state index is -1.28. The lowest BCUT2D eigenvalue weighted by Gasteiger charge is -2.42. The molecular formula is C35H43F3N4O4. The average Bonchev–Trinajstić information content (AvgIpc) is 2.91. The van der Waals surface area contributed by atoms with E-state index < -0.39 is 53.2 Å². The number of aromatic nitrogens is 2. The Morgan fingerprint density at radius 1 is 1.00 bits per heavy atom. The fraction of sp³-hybridized carbons (Fsp3) is 0.486. The number of hydrogen-bond donors (Lipinski definition) is 2. The molecule has 2 N–H and O–H groups in total. The van der Waals surface area contributed by atoms with Crippen molar-refractivity contribution >= 4 is 11.9 Å². The average molecular weight is 641 g/mol. The molecule has 1 saturated heterocycles. The Balaban J connectivity index is 1.71. The van der Waals surface area contributed by atoms with Crippen LogP contribution < -0.4 is 10.9 Å². The summed E-state index contributed by atoms with van der Waals surface area (Å²) in [5.41, 5.74) is 1.95. The van der Waals surface area contributed by atoms with Crippen LogP contribution in [0, 0.1) is 45.2 Å². The maximum absolute atomic E-state index is 15.8. The van der Waals surface area contributed by atoms with Crippen molar-refractivity contribution in [1.82, 2.24) is 20.0 Å². The topological polar surface area (TPSA) is 105 Å². The fourth-order valence-corrected chi connectivity index (χ4v) is 6.36. The Bertz CT molecular complexity index is 1670. The van der Waals surface area contributed by atoms with Crippen molar-refractivity contribution in [1.29, 1.82) is 0 Å². The molecule has 11 heteroatoms. The van der Waals surface area contributed by atoms with Gasteiger partial charge in [-0.25, -0.2) is 17.9 Å². The molecule has 3 aromatic rings. The summed E-state index contributed by atoms with van der Waals surface area (Å²) in [6.45, 7) is 13.1. The molecule has 0 saturated carbocycles. The van der Waals surface area contributed by atoms with Crippen molar-refractivity contribution in [2.75, 3.05) is 19.6 Å². The number of carboxylic acid groups (broad SMARTS) is 1. The molecule has 0 bridgehead atoms. The van der Waals surface area contributed by atoms with Gasteiger partial charge in [0.2, 0.25) is 5.91 Å². The Morgan fingerprint density at radius 3 is 2.20 bits per heavy atom. The van der Waals surface area contributed by atoms with Crippen LogP contribution >= 0.6 is 0 Å². The predicted octanol–water partition coefficient (Wildman–Crippen LogP) is 5.93. The number of alkyl halides is 1. The summed E-state index contributed by atoms with van der Waals surface area (Å²) in [7, 11) is 0. The normalized spacial score (nSPS) is 15.8. The predicted molar refractivity (Wildman–Crippen MR) is 171 cm³/mol. The van der Waals surface area contributed by atoms with E-state index in [9.17, 15) is 28.3 Å². The number of carboxylic acids is 1. The van der Waals surface area contributed by atoms with E-state index in [2.05, 4.69) is 10.4 Å². The zero-order valence-electron chi connectivity index (χ0n) is 27.5. The second-order valence-electron chi connectivity index (χ2n) is 13.4. The molecule has 46 heavy (non-hydrogen) atoms. The first-order valence-electron chi connectivity index (χ1n) is 15.6. The molecule has 0 aliphatic carbocycles. The van der Waals surface area contributed by atoms with E-state index >= 15 is 4.39 Å². The second-order valence-corrected chi connectivity index (χ2v) is 13.4. The molecule has 1 aliphatic heterocycles. The van der Waals surface area contributed by atoms with Gasteiger partial charge in [0.15, 0.2) is 0 Å². The van der Waals surface area contributed by atoms with Crippen LogP contribution in [0.4, 0.5) is 13.2 Å². The number of benzene rings is 2. The SMILES string of the molecule is Cc1cc(-c2c(C)cc(F)cc2C)cc([C@H](CC(=O)O)NC(=O)[C@H](CC(C)C)n2nc(CCN3CC(C)(F)C3)cc(C)c2=O)c1F. The number of aryl methyl sites for hydroxylation is 4. The molecule has 0 radical (unpaired) electrons. The molecule has 0 spiro atoms. The molecule has 0 unspecified atom stereocenters. The van der Waals surface area contributed by atoms with E-state index in [0.717, 1.165) is 4.68 Å². The van der Waals surface area contributed by atoms with Gasteiger partial charge in [-0.15, -0.1) is 0 Å². The zero-order chi connectivity index (χ0) is 34.1. The van der Waals surface area contributed by atoms with Gasteiger partial charge in [-0.2, -0.15) is 5.10 Å². The van der Waals surface area contributed by atoms with E-state index in [1.165, 1.54) is 18.2 Å². The number of hydrogen-bond acceptors (Lipinski definition) is 5. The molecule has 2 aromatic carbocycles. The molecular weight excluding hydrogens is 597 g/mol. The number of amides is 1. The summed E-state index contributed by atoms with van der Waals surface area (Å²) in [5.74, 6) is -3.06. The first kappa shape index (κ1) is 34.9. The van der Waals surface area contributed by atoms with Crippen LogP contribution in [-0.2, 0) is 16.0 Å². The Hall–Kier alpha value is -3.99. The third-order valence-corrected chi connectivity index (χ3v) is 8.39. The van der Waals surface area contributed by atoms with Crippen molar-refractivity contribution in [3.63, 3.8) is 0 Å². The van der Waals surface area contributed by atoms with Gasteiger partial charge in [0, 0.05) is 37.2 Å². The standard InChI is InChI=1S/C35H43F3N4O4/c1-19(2)10-29(42-34(46)23(6)14-26(40-42)8-9-41-17-35(7,38)18-41)33(45)39-28(16-30(43)44)27-15-24(11-22(5)32(27)37)31-20(3)12-25(36)13-21(31)4/h11-15,19,28-29H,8-10,16-18H2,1-7H3,(H,39,45)(H,43,44)/t28-,29-/m0/s1. The molecule has 4 rings (SSSR count). The Kier molecular flexibility index (Phi) is 10.5. The highest BCUT2D eigenvalue weighted by atomic mass is 19.1. The summed E-state index contributed by atoms with van der Waals surface area (Å²) >= 11 is 0. The molecule has 1 aliphatic rings. The van der Waals surface area contributed by atoms with Crippen LogP contribution in [0.5, 0.6) is 0 Å². The molecule has 1 aromatic heterocycles. The first-order valence-corrected chi connectivity index (χ1v) is 15.6. The number of rotatable bonds is 12. The fourth-order valence-electron chi connectivity index (χ4n) is 6.36. The molecule has 2 atom stereocenters. The Labute approximate surface area is 267 Å². The highest BCUT2D eigenvalue weighted by Gasteiger charge is 2.38. The number of aliphatic carboxylic acids is 1. The van der Waals surface area contributed by atoms with Crippen LogP contribution in [0.2, 0.25) is 0 Å². The lowest BCUT2D eigenvalue weighted by Crippen LogP contribution is -2.57. The molecule has 1 fully saturated rings. The monoisotopic (exact) mass is 640 g/mol. The van der Waals surface area contributed by atoms with Crippen molar-refractivity contribution in [2.24, 2.45) is 5.92 Å². The highest BCUT2D eigenvalue weighted by Crippen LogP contribution is 2.34. The summed E-state index contributed by atoms with van der Waals surface area (Å²) < 4.78 is 44.9. The number of nitrogens with zero attached hydrogens (tertiary/aromatic N) is 3. The number of carbonyl (C=O) groups is 2. The van der Waals surface area contributed by atoms with Crippen molar-refractivity contribution < 1.29 is 27.9 Å². The van der Waals surface area contributed by atoms with Crippen molar-refractivity contribution in [3.8, 4) is 11.1 Å². The van der Waals surface area contributed by atoms with Gasteiger partial charge in [-0.3, -0.25) is 19.3 Å². The van der Waals surface area contributed by atoms with E-state index in [1.807, 2.05) is 18.7 Å². The van der Waals surface area contributed by atoms with Gasteiger partial charge in [0.25, 0.3) is 5.56 Å². The van der Waals surface area contributed by atoms with E-state index in [4.69, 9.17) is 0 Å². The number of halogens is 3. The van der Waals surface area contributed by atoms with Crippen LogP contribution in [0.25, 0.3) is 11.1 Å². The lowest BCUT2D eigenvalue weighted by atomic mass is 9.90. The van der Waals surface area contributed by atoms with E-state index in [0.29, 0.717) is 59.6 Å². The Morgan fingerprint density at radius 2 is 1.63 bits per heavy atom. The van der Waals surface area contributed by atoms with Crippen LogP contribution in [0.3, 0.4) is 0 Å².